The topological polar surface area (TPSA) is 23.5 Å². The van der Waals surface area contributed by atoms with Gasteiger partial charge in [-0.25, -0.2) is 0 Å². The SMILES string of the molecule is O[Si@@](CCN1CCCCC1)(c1ccccc1)[C@H]1C[C@@H]2C=C[C@H]1C2. The van der Waals surface area contributed by atoms with Crippen molar-refractivity contribution in [3.63, 3.8) is 0 Å². The van der Waals surface area contributed by atoms with Crippen molar-refractivity contribution in [1.82, 2.24) is 4.90 Å². The molecule has 0 unspecified atom stereocenters. The Hall–Kier alpha value is -0.903. The zero-order valence-corrected chi connectivity index (χ0v) is 15.0. The molecule has 0 aromatic heterocycles. The van der Waals surface area contributed by atoms with Crippen LogP contribution in [-0.4, -0.2) is 37.6 Å². The summed E-state index contributed by atoms with van der Waals surface area (Å²) < 4.78 is 0. The number of piperidine rings is 1. The second-order valence-electron chi connectivity index (χ2n) is 7.83. The lowest BCUT2D eigenvalue weighted by molar-refractivity contribution is 0.236. The standard InChI is InChI=1S/C20H29NOSi/c22-23(19-7-3-1-4-8-19,14-13-21-11-5-2-6-12-21)20-16-17-9-10-18(20)15-17/h1,3-4,7-10,17-18,20,22H,2,5-6,11-16H2/t17-,18+,20+,23+/m1/s1. The molecule has 4 atom stereocenters. The zero-order valence-electron chi connectivity index (χ0n) is 14.0. The highest BCUT2D eigenvalue weighted by Crippen LogP contribution is 2.51. The van der Waals surface area contributed by atoms with Crippen molar-refractivity contribution in [2.75, 3.05) is 19.6 Å². The number of rotatable bonds is 5. The van der Waals surface area contributed by atoms with Gasteiger partial charge in [0.25, 0.3) is 0 Å². The molecular weight excluding hydrogens is 298 g/mol. The first-order chi connectivity index (χ1) is 11.3. The van der Waals surface area contributed by atoms with Crippen LogP contribution in [0.15, 0.2) is 42.5 Å². The minimum atomic E-state index is -2.42. The fourth-order valence-electron chi connectivity index (χ4n) is 5.11. The molecule has 0 spiro atoms. The van der Waals surface area contributed by atoms with Crippen LogP contribution in [0.4, 0.5) is 0 Å². The highest BCUT2D eigenvalue weighted by Gasteiger charge is 2.50. The van der Waals surface area contributed by atoms with Crippen molar-refractivity contribution < 1.29 is 4.80 Å². The van der Waals surface area contributed by atoms with Crippen molar-refractivity contribution in [3.8, 4) is 0 Å². The number of hydrogen-bond acceptors (Lipinski definition) is 2. The molecule has 1 saturated carbocycles. The van der Waals surface area contributed by atoms with E-state index in [0.29, 0.717) is 11.5 Å². The second kappa shape index (κ2) is 6.54. The van der Waals surface area contributed by atoms with Gasteiger partial charge in [-0.3, -0.25) is 0 Å². The first-order valence-corrected chi connectivity index (χ1v) is 11.7. The van der Waals surface area contributed by atoms with Gasteiger partial charge in [0.2, 0.25) is 8.32 Å². The monoisotopic (exact) mass is 327 g/mol. The Kier molecular flexibility index (Phi) is 4.44. The summed E-state index contributed by atoms with van der Waals surface area (Å²) in [5, 5.41) is 1.27. The lowest BCUT2D eigenvalue weighted by Gasteiger charge is -2.37. The summed E-state index contributed by atoms with van der Waals surface area (Å²) in [4.78, 5) is 14.5. The smallest absolute Gasteiger partial charge is 0.225 e. The molecule has 2 fully saturated rings. The summed E-state index contributed by atoms with van der Waals surface area (Å²) in [6, 6.07) is 11.7. The van der Waals surface area contributed by atoms with E-state index in [-0.39, 0.29) is 0 Å². The van der Waals surface area contributed by atoms with E-state index in [0.717, 1.165) is 18.5 Å². The predicted octanol–water partition coefficient (Wildman–Crippen LogP) is 3.28. The van der Waals surface area contributed by atoms with Gasteiger partial charge in [0.1, 0.15) is 0 Å². The molecular formula is C20H29NOSi. The lowest BCUT2D eigenvalue weighted by Crippen LogP contribution is -2.55. The minimum Gasteiger partial charge on any atom is -0.427 e. The van der Waals surface area contributed by atoms with Crippen molar-refractivity contribution >= 4 is 13.5 Å². The molecule has 0 amide bonds. The van der Waals surface area contributed by atoms with Gasteiger partial charge in [-0.15, -0.1) is 0 Å². The van der Waals surface area contributed by atoms with Gasteiger partial charge in [-0.2, -0.15) is 0 Å². The average Bonchev–Trinajstić information content (AvgIpc) is 3.25. The van der Waals surface area contributed by atoms with Crippen molar-refractivity contribution in [1.29, 1.82) is 0 Å². The Morgan fingerprint density at radius 3 is 2.43 bits per heavy atom. The molecule has 2 bridgehead atoms. The molecule has 2 aliphatic carbocycles. The molecule has 4 rings (SSSR count). The molecule has 3 heteroatoms. The first-order valence-electron chi connectivity index (χ1n) is 9.44. The predicted molar refractivity (Wildman–Crippen MR) is 98.3 cm³/mol. The Morgan fingerprint density at radius 2 is 1.78 bits per heavy atom. The maximum absolute atomic E-state index is 11.9. The van der Waals surface area contributed by atoms with Crippen LogP contribution < -0.4 is 5.19 Å². The maximum atomic E-state index is 11.9. The molecule has 23 heavy (non-hydrogen) atoms. The molecule has 1 aliphatic heterocycles. The van der Waals surface area contributed by atoms with E-state index in [1.807, 2.05) is 0 Å². The fraction of sp³-hybridized carbons (Fsp3) is 0.600. The summed E-state index contributed by atoms with van der Waals surface area (Å²) >= 11 is 0. The Morgan fingerprint density at radius 1 is 1.00 bits per heavy atom. The van der Waals surface area contributed by atoms with Crippen LogP contribution in [0, 0.1) is 11.8 Å². The molecule has 1 aromatic rings. The molecule has 2 nitrogen and oxygen atoms in total. The van der Waals surface area contributed by atoms with Gasteiger partial charge in [-0.05, 0) is 73.9 Å². The number of fused-ring (bicyclic) bond motifs is 2. The molecule has 1 saturated heterocycles. The summed E-state index contributed by atoms with van der Waals surface area (Å²) in [6.07, 6.45) is 11.4. The number of nitrogens with zero attached hydrogens (tertiary/aromatic N) is 1. The van der Waals surface area contributed by atoms with E-state index in [4.69, 9.17) is 0 Å². The van der Waals surface area contributed by atoms with Crippen LogP contribution in [0.2, 0.25) is 11.6 Å². The molecule has 124 valence electrons. The largest absolute Gasteiger partial charge is 0.427 e. The number of likely N-dealkylation sites (tertiary alicyclic amines) is 1. The van der Waals surface area contributed by atoms with Crippen LogP contribution in [0.5, 0.6) is 0 Å². The average molecular weight is 328 g/mol. The zero-order chi connectivity index (χ0) is 15.7. The van der Waals surface area contributed by atoms with Crippen molar-refractivity contribution in [3.05, 3.63) is 42.5 Å². The Labute approximate surface area is 141 Å². The molecule has 1 heterocycles. The van der Waals surface area contributed by atoms with Crippen LogP contribution in [0.3, 0.4) is 0 Å². The quantitative estimate of drug-likeness (QED) is 0.663. The van der Waals surface area contributed by atoms with Crippen LogP contribution in [-0.2, 0) is 0 Å². The summed E-state index contributed by atoms with van der Waals surface area (Å²) in [5.74, 6) is 1.38. The molecule has 3 aliphatic rings. The second-order valence-corrected chi connectivity index (χ2v) is 11.5. The highest BCUT2D eigenvalue weighted by atomic mass is 28.4. The van der Waals surface area contributed by atoms with E-state index in [9.17, 15) is 4.80 Å². The summed E-state index contributed by atoms with van der Waals surface area (Å²) in [7, 11) is -2.42. The number of benzene rings is 1. The third-order valence-electron chi connectivity index (χ3n) is 6.42. The molecule has 1 N–H and O–H groups in total. The lowest BCUT2D eigenvalue weighted by atomic mass is 10.1. The van der Waals surface area contributed by atoms with Gasteiger partial charge in [0.05, 0.1) is 0 Å². The van der Waals surface area contributed by atoms with Gasteiger partial charge < -0.3 is 9.70 Å². The van der Waals surface area contributed by atoms with Gasteiger partial charge in [0.15, 0.2) is 0 Å². The normalized spacial score (nSPS) is 33.0. The van der Waals surface area contributed by atoms with Gasteiger partial charge in [-0.1, -0.05) is 48.9 Å². The first kappa shape index (κ1) is 15.6. The molecule has 1 aromatic carbocycles. The Balaban J connectivity index is 1.55. The molecule has 0 radical (unpaired) electrons. The number of hydrogen-bond donors (Lipinski definition) is 1. The van der Waals surface area contributed by atoms with Crippen molar-refractivity contribution in [2.45, 2.75) is 43.7 Å². The van der Waals surface area contributed by atoms with Crippen molar-refractivity contribution in [2.24, 2.45) is 11.8 Å². The Bertz CT molecular complexity index is 554. The third-order valence-corrected chi connectivity index (χ3v) is 10.6. The van der Waals surface area contributed by atoms with E-state index < -0.39 is 8.32 Å². The van der Waals surface area contributed by atoms with Gasteiger partial charge in [0, 0.05) is 0 Å². The van der Waals surface area contributed by atoms with Crippen LogP contribution >= 0.6 is 0 Å². The summed E-state index contributed by atoms with van der Waals surface area (Å²) in [6.45, 7) is 3.56. The summed E-state index contributed by atoms with van der Waals surface area (Å²) in [5.41, 5.74) is 0.532. The van der Waals surface area contributed by atoms with E-state index in [2.05, 4.69) is 47.4 Å². The van der Waals surface area contributed by atoms with Gasteiger partial charge >= 0.3 is 0 Å². The van der Waals surface area contributed by atoms with Crippen LogP contribution in [0.1, 0.15) is 32.1 Å². The maximum Gasteiger partial charge on any atom is 0.225 e. The third kappa shape index (κ3) is 3.07. The fourth-order valence-corrected chi connectivity index (χ4v) is 9.27. The minimum absolute atomic E-state index is 0.532. The van der Waals surface area contributed by atoms with E-state index in [1.165, 1.54) is 50.4 Å². The highest BCUT2D eigenvalue weighted by molar-refractivity contribution is 6.86. The number of allylic oxidation sites excluding steroid dienone is 2. The van der Waals surface area contributed by atoms with E-state index >= 15 is 0 Å². The van der Waals surface area contributed by atoms with E-state index in [1.54, 1.807) is 0 Å². The van der Waals surface area contributed by atoms with Crippen LogP contribution in [0.25, 0.3) is 0 Å².